The van der Waals surface area contributed by atoms with Gasteiger partial charge < -0.3 is 14.8 Å². The first-order valence-electron chi connectivity index (χ1n) is 8.86. The largest absolute Gasteiger partial charge is 0.348 e. The van der Waals surface area contributed by atoms with Gasteiger partial charge in [-0.05, 0) is 25.0 Å². The van der Waals surface area contributed by atoms with Gasteiger partial charge in [-0.15, -0.1) is 0 Å². The number of likely N-dealkylation sites (tertiary alicyclic amines) is 1. The van der Waals surface area contributed by atoms with Crippen molar-refractivity contribution in [3.05, 3.63) is 48.5 Å². The number of aromatic nitrogens is 2. The normalized spacial score (nSPS) is 23.9. The molecule has 0 radical (unpaired) electrons. The molecule has 2 aliphatic heterocycles. The average molecular weight is 338 g/mol. The van der Waals surface area contributed by atoms with Crippen LogP contribution in [0.2, 0.25) is 0 Å². The molecule has 0 saturated carbocycles. The highest BCUT2D eigenvalue weighted by molar-refractivity contribution is 6.00. The Morgan fingerprint density at radius 3 is 2.80 bits per heavy atom. The summed E-state index contributed by atoms with van der Waals surface area (Å²) in [5.74, 6) is 1.09. The number of anilines is 1. The summed E-state index contributed by atoms with van der Waals surface area (Å²) in [6.07, 6.45) is 5.89. The monoisotopic (exact) mass is 338 g/mol. The highest BCUT2D eigenvalue weighted by atomic mass is 16.2. The Morgan fingerprint density at radius 1 is 1.20 bits per heavy atom. The molecule has 2 unspecified atom stereocenters. The Bertz CT molecular complexity index is 744. The quantitative estimate of drug-likeness (QED) is 0.932. The number of nitrogens with zero attached hydrogens (tertiary/aromatic N) is 3. The number of amides is 2. The number of rotatable bonds is 3. The van der Waals surface area contributed by atoms with Crippen molar-refractivity contribution in [1.82, 2.24) is 14.9 Å². The number of H-pyrrole nitrogens is 1. The smallest absolute Gasteiger partial charge is 0.228 e. The lowest BCUT2D eigenvalue weighted by atomic mass is 9.95. The molecule has 2 fully saturated rings. The lowest BCUT2D eigenvalue weighted by Gasteiger charge is -2.33. The van der Waals surface area contributed by atoms with Crippen LogP contribution in [0, 0.1) is 5.92 Å². The van der Waals surface area contributed by atoms with Crippen LogP contribution in [0.1, 0.15) is 31.0 Å². The van der Waals surface area contributed by atoms with Crippen molar-refractivity contribution < 1.29 is 9.59 Å². The first-order chi connectivity index (χ1) is 12.2. The molecule has 4 rings (SSSR count). The van der Waals surface area contributed by atoms with E-state index in [1.165, 1.54) is 0 Å². The Kier molecular flexibility index (Phi) is 4.26. The van der Waals surface area contributed by atoms with Crippen molar-refractivity contribution in [2.45, 2.75) is 25.2 Å². The van der Waals surface area contributed by atoms with E-state index in [1.807, 2.05) is 41.4 Å². The first kappa shape index (κ1) is 15.9. The maximum Gasteiger partial charge on any atom is 0.228 e. The van der Waals surface area contributed by atoms with Crippen LogP contribution in [0.25, 0.3) is 0 Å². The second-order valence-corrected chi connectivity index (χ2v) is 6.84. The molecule has 2 saturated heterocycles. The van der Waals surface area contributed by atoms with Gasteiger partial charge in [0.15, 0.2) is 0 Å². The molecule has 1 N–H and O–H groups in total. The highest BCUT2D eigenvalue weighted by Crippen LogP contribution is 2.29. The zero-order valence-corrected chi connectivity index (χ0v) is 14.1. The fraction of sp³-hybridized carbons (Fsp3) is 0.421. The number of benzene rings is 1. The van der Waals surface area contributed by atoms with Crippen molar-refractivity contribution in [3.8, 4) is 0 Å². The molecule has 130 valence electrons. The molecule has 25 heavy (non-hydrogen) atoms. The number of para-hydroxylation sites is 1. The SMILES string of the molecule is O=C(C1CC(=O)N(c2ccccc2)C1)N1CCCC(c2ncc[nH]2)C1. The summed E-state index contributed by atoms with van der Waals surface area (Å²) >= 11 is 0. The van der Waals surface area contributed by atoms with E-state index in [2.05, 4.69) is 9.97 Å². The van der Waals surface area contributed by atoms with E-state index in [4.69, 9.17) is 0 Å². The van der Waals surface area contributed by atoms with Crippen molar-refractivity contribution in [2.75, 3.05) is 24.5 Å². The summed E-state index contributed by atoms with van der Waals surface area (Å²) in [6, 6.07) is 9.58. The van der Waals surface area contributed by atoms with Gasteiger partial charge in [-0.25, -0.2) is 4.98 Å². The number of hydrogen-bond donors (Lipinski definition) is 1. The van der Waals surface area contributed by atoms with Crippen LogP contribution in [0.4, 0.5) is 5.69 Å². The minimum absolute atomic E-state index is 0.0316. The fourth-order valence-electron chi connectivity index (χ4n) is 3.89. The summed E-state index contributed by atoms with van der Waals surface area (Å²) in [5.41, 5.74) is 0.870. The molecule has 0 spiro atoms. The number of nitrogens with one attached hydrogen (secondary N) is 1. The van der Waals surface area contributed by atoms with Crippen molar-refractivity contribution in [2.24, 2.45) is 5.92 Å². The van der Waals surface area contributed by atoms with Crippen LogP contribution in [-0.4, -0.2) is 46.3 Å². The molecule has 3 heterocycles. The molecule has 2 amide bonds. The van der Waals surface area contributed by atoms with Crippen molar-refractivity contribution in [3.63, 3.8) is 0 Å². The van der Waals surface area contributed by atoms with E-state index in [0.29, 0.717) is 19.5 Å². The van der Waals surface area contributed by atoms with Crippen molar-refractivity contribution >= 4 is 17.5 Å². The van der Waals surface area contributed by atoms with Gasteiger partial charge in [-0.2, -0.15) is 0 Å². The second-order valence-electron chi connectivity index (χ2n) is 6.84. The lowest BCUT2D eigenvalue weighted by Crippen LogP contribution is -2.43. The van der Waals surface area contributed by atoms with Gasteiger partial charge in [0.2, 0.25) is 11.8 Å². The van der Waals surface area contributed by atoms with Crippen LogP contribution in [-0.2, 0) is 9.59 Å². The van der Waals surface area contributed by atoms with E-state index < -0.39 is 0 Å². The topological polar surface area (TPSA) is 69.3 Å². The number of carbonyl (C=O) groups excluding carboxylic acids is 2. The van der Waals surface area contributed by atoms with E-state index in [-0.39, 0.29) is 23.7 Å². The molecule has 2 atom stereocenters. The molecule has 2 aliphatic rings. The number of aromatic amines is 1. The molecular weight excluding hydrogens is 316 g/mol. The maximum atomic E-state index is 13.0. The van der Waals surface area contributed by atoms with Gasteiger partial charge in [0.1, 0.15) is 5.82 Å². The van der Waals surface area contributed by atoms with Gasteiger partial charge in [0, 0.05) is 50.1 Å². The molecule has 0 bridgehead atoms. The third kappa shape index (κ3) is 3.16. The summed E-state index contributed by atoms with van der Waals surface area (Å²) in [4.78, 5) is 36.5. The Labute approximate surface area is 146 Å². The van der Waals surface area contributed by atoms with Gasteiger partial charge >= 0.3 is 0 Å². The maximum absolute atomic E-state index is 13.0. The Morgan fingerprint density at radius 2 is 2.04 bits per heavy atom. The summed E-state index contributed by atoms with van der Waals surface area (Å²) in [6.45, 7) is 1.93. The van der Waals surface area contributed by atoms with Crippen LogP contribution < -0.4 is 4.90 Å². The first-order valence-corrected chi connectivity index (χ1v) is 8.86. The average Bonchev–Trinajstić information content (AvgIpc) is 3.32. The summed E-state index contributed by atoms with van der Waals surface area (Å²) < 4.78 is 0. The molecular formula is C19H22N4O2. The van der Waals surface area contributed by atoms with Gasteiger partial charge in [0.25, 0.3) is 0 Å². The molecule has 1 aromatic carbocycles. The fourth-order valence-corrected chi connectivity index (χ4v) is 3.89. The highest BCUT2D eigenvalue weighted by Gasteiger charge is 2.38. The van der Waals surface area contributed by atoms with E-state index in [1.54, 1.807) is 11.1 Å². The minimum Gasteiger partial charge on any atom is -0.348 e. The second kappa shape index (κ2) is 6.70. The Hall–Kier alpha value is -2.63. The van der Waals surface area contributed by atoms with E-state index in [0.717, 1.165) is 30.9 Å². The zero-order chi connectivity index (χ0) is 17.2. The molecule has 6 heteroatoms. The third-order valence-electron chi connectivity index (χ3n) is 5.18. The molecule has 2 aromatic rings. The van der Waals surface area contributed by atoms with Crippen LogP contribution >= 0.6 is 0 Å². The molecule has 0 aliphatic carbocycles. The number of imidazole rings is 1. The number of piperidine rings is 1. The number of carbonyl (C=O) groups is 2. The van der Waals surface area contributed by atoms with E-state index in [9.17, 15) is 9.59 Å². The zero-order valence-electron chi connectivity index (χ0n) is 14.1. The minimum atomic E-state index is -0.247. The lowest BCUT2D eigenvalue weighted by molar-refractivity contribution is -0.137. The van der Waals surface area contributed by atoms with E-state index >= 15 is 0 Å². The summed E-state index contributed by atoms with van der Waals surface area (Å²) in [5, 5.41) is 0. The van der Waals surface area contributed by atoms with Crippen molar-refractivity contribution in [1.29, 1.82) is 0 Å². The molecule has 1 aromatic heterocycles. The number of hydrogen-bond acceptors (Lipinski definition) is 3. The predicted molar refractivity (Wildman–Crippen MR) is 94.0 cm³/mol. The van der Waals surface area contributed by atoms with Gasteiger partial charge in [-0.1, -0.05) is 18.2 Å². The Balaban J connectivity index is 1.43. The van der Waals surface area contributed by atoms with Crippen LogP contribution in [0.15, 0.2) is 42.7 Å². The van der Waals surface area contributed by atoms with Crippen LogP contribution in [0.5, 0.6) is 0 Å². The van der Waals surface area contributed by atoms with Crippen LogP contribution in [0.3, 0.4) is 0 Å². The standard InChI is InChI=1S/C19H22N4O2/c24-17-11-15(13-23(17)16-6-2-1-3-7-16)19(25)22-10-4-5-14(12-22)18-20-8-9-21-18/h1-3,6-9,14-15H,4-5,10-13H2,(H,20,21). The molecule has 6 nitrogen and oxygen atoms in total. The predicted octanol–water partition coefficient (Wildman–Crippen LogP) is 2.17. The summed E-state index contributed by atoms with van der Waals surface area (Å²) in [7, 11) is 0. The van der Waals surface area contributed by atoms with Gasteiger partial charge in [0.05, 0.1) is 5.92 Å². The third-order valence-corrected chi connectivity index (χ3v) is 5.18. The van der Waals surface area contributed by atoms with Gasteiger partial charge in [-0.3, -0.25) is 9.59 Å².